The van der Waals surface area contributed by atoms with Gasteiger partial charge in [-0.3, -0.25) is 0 Å². The molecule has 1 N–H and O–H groups in total. The predicted octanol–water partition coefficient (Wildman–Crippen LogP) is 3.38. The first-order chi connectivity index (χ1) is 12.8. The van der Waals surface area contributed by atoms with Gasteiger partial charge in [0.2, 0.25) is 0 Å². The Morgan fingerprint density at radius 1 is 1.30 bits per heavy atom. The second-order valence-electron chi connectivity index (χ2n) is 6.86. The molecule has 0 radical (unpaired) electrons. The number of nitriles is 1. The normalized spacial score (nSPS) is 15.8. The van der Waals surface area contributed by atoms with Gasteiger partial charge in [0.1, 0.15) is 17.6 Å². The maximum atomic E-state index is 12.6. The number of aromatic nitrogens is 2. The zero-order valence-electron chi connectivity index (χ0n) is 15.3. The number of rotatable bonds is 4. The fourth-order valence-corrected chi connectivity index (χ4v) is 3.36. The van der Waals surface area contributed by atoms with Crippen molar-refractivity contribution in [2.24, 2.45) is 7.05 Å². The van der Waals surface area contributed by atoms with E-state index in [1.54, 1.807) is 0 Å². The second-order valence-corrected chi connectivity index (χ2v) is 6.86. The van der Waals surface area contributed by atoms with Crippen molar-refractivity contribution >= 4 is 5.82 Å². The molecule has 144 valence electrons. The highest BCUT2D eigenvalue weighted by atomic mass is 19.4. The van der Waals surface area contributed by atoms with E-state index >= 15 is 0 Å². The van der Waals surface area contributed by atoms with Crippen LogP contribution in [0, 0.1) is 18.3 Å². The van der Waals surface area contributed by atoms with Crippen molar-refractivity contribution in [2.75, 3.05) is 18.0 Å². The lowest BCUT2D eigenvalue weighted by atomic mass is 10.0. The van der Waals surface area contributed by atoms with Crippen molar-refractivity contribution < 1.29 is 13.2 Å². The molecular formula is C19H22F3N5. The Bertz CT molecular complexity index is 825. The molecule has 1 saturated heterocycles. The lowest BCUT2D eigenvalue weighted by Gasteiger charge is -2.33. The molecule has 0 aromatic carbocycles. The molecule has 5 nitrogen and oxygen atoms in total. The molecule has 0 amide bonds. The number of nitrogens with one attached hydrogen (secondary N) is 1. The average Bonchev–Trinajstić information content (AvgIpc) is 2.94. The minimum atomic E-state index is -4.36. The van der Waals surface area contributed by atoms with Crippen molar-refractivity contribution in [1.29, 1.82) is 5.26 Å². The molecule has 0 atom stereocenters. The third kappa shape index (κ3) is 4.25. The van der Waals surface area contributed by atoms with E-state index in [0.717, 1.165) is 49.5 Å². The standard InChI is InChI=1S/C19H22F3N5/c1-13-14(9-17(10-23)26(13)2)11-24-16-5-7-27(8-6-16)18-4-3-15(12-25-18)19(20,21)22/h3-4,9,12,16,24H,5-8,11H2,1-2H3. The number of nitrogens with zero attached hydrogens (tertiary/aromatic N) is 4. The van der Waals surface area contributed by atoms with Crippen LogP contribution in [0.15, 0.2) is 24.4 Å². The molecule has 3 rings (SSSR count). The number of halogens is 3. The third-order valence-corrected chi connectivity index (χ3v) is 5.23. The number of alkyl halides is 3. The third-order valence-electron chi connectivity index (χ3n) is 5.23. The molecule has 8 heteroatoms. The van der Waals surface area contributed by atoms with Crippen LogP contribution in [0.25, 0.3) is 0 Å². The number of anilines is 1. The van der Waals surface area contributed by atoms with Gasteiger partial charge in [-0.05, 0) is 43.5 Å². The molecule has 2 aromatic heterocycles. The first-order valence-electron chi connectivity index (χ1n) is 8.86. The highest BCUT2D eigenvalue weighted by molar-refractivity contribution is 5.40. The summed E-state index contributed by atoms with van der Waals surface area (Å²) in [5.41, 5.74) is 2.11. The maximum absolute atomic E-state index is 12.6. The van der Waals surface area contributed by atoms with Gasteiger partial charge in [-0.15, -0.1) is 0 Å². The van der Waals surface area contributed by atoms with Crippen molar-refractivity contribution in [3.63, 3.8) is 0 Å². The number of piperidine rings is 1. The molecule has 1 aliphatic rings. The average molecular weight is 377 g/mol. The monoisotopic (exact) mass is 377 g/mol. The van der Waals surface area contributed by atoms with Crippen LogP contribution < -0.4 is 10.2 Å². The lowest BCUT2D eigenvalue weighted by molar-refractivity contribution is -0.137. The summed E-state index contributed by atoms with van der Waals surface area (Å²) in [6.45, 7) is 4.18. The molecule has 0 unspecified atom stereocenters. The van der Waals surface area contributed by atoms with Crippen LogP contribution in [0.2, 0.25) is 0 Å². The molecule has 1 aliphatic heterocycles. The van der Waals surface area contributed by atoms with Gasteiger partial charge in [-0.1, -0.05) is 0 Å². The van der Waals surface area contributed by atoms with Crippen LogP contribution in [0.3, 0.4) is 0 Å². The van der Waals surface area contributed by atoms with E-state index in [4.69, 9.17) is 5.26 Å². The quantitative estimate of drug-likeness (QED) is 0.888. The summed E-state index contributed by atoms with van der Waals surface area (Å²) >= 11 is 0. The molecule has 1 fully saturated rings. The molecule has 0 bridgehead atoms. The molecular weight excluding hydrogens is 355 g/mol. The van der Waals surface area contributed by atoms with Crippen LogP contribution in [-0.2, 0) is 19.8 Å². The summed E-state index contributed by atoms with van der Waals surface area (Å²) in [4.78, 5) is 5.99. The zero-order valence-corrected chi connectivity index (χ0v) is 15.3. The Kier molecular flexibility index (Phi) is 5.42. The first-order valence-corrected chi connectivity index (χ1v) is 8.86. The minimum absolute atomic E-state index is 0.334. The predicted molar refractivity (Wildman–Crippen MR) is 96.2 cm³/mol. The summed E-state index contributed by atoms with van der Waals surface area (Å²) in [7, 11) is 1.88. The van der Waals surface area contributed by atoms with Gasteiger partial charge in [-0.2, -0.15) is 18.4 Å². The Morgan fingerprint density at radius 2 is 2.00 bits per heavy atom. The Hall–Kier alpha value is -2.53. The highest BCUT2D eigenvalue weighted by Crippen LogP contribution is 2.29. The summed E-state index contributed by atoms with van der Waals surface area (Å²) < 4.78 is 39.8. The number of pyridine rings is 1. The van der Waals surface area contributed by atoms with Gasteiger partial charge in [0, 0.05) is 44.6 Å². The molecule has 27 heavy (non-hydrogen) atoms. The van der Waals surface area contributed by atoms with Gasteiger partial charge in [0.05, 0.1) is 5.56 Å². The van der Waals surface area contributed by atoms with Crippen LogP contribution in [-0.4, -0.2) is 28.7 Å². The van der Waals surface area contributed by atoms with E-state index in [1.807, 2.05) is 29.5 Å². The van der Waals surface area contributed by atoms with E-state index in [2.05, 4.69) is 16.4 Å². The lowest BCUT2D eigenvalue weighted by Crippen LogP contribution is -2.42. The minimum Gasteiger partial charge on any atom is -0.357 e. The van der Waals surface area contributed by atoms with E-state index < -0.39 is 11.7 Å². The van der Waals surface area contributed by atoms with E-state index in [9.17, 15) is 13.2 Å². The summed E-state index contributed by atoms with van der Waals surface area (Å²) in [6.07, 6.45) is -1.69. The fourth-order valence-electron chi connectivity index (χ4n) is 3.36. The smallest absolute Gasteiger partial charge is 0.357 e. The van der Waals surface area contributed by atoms with Crippen molar-refractivity contribution in [3.8, 4) is 6.07 Å². The molecule has 0 saturated carbocycles. The first kappa shape index (κ1) is 19.2. The van der Waals surface area contributed by atoms with Crippen LogP contribution in [0.1, 0.15) is 35.4 Å². The maximum Gasteiger partial charge on any atom is 0.417 e. The van der Waals surface area contributed by atoms with E-state index in [1.165, 1.54) is 6.07 Å². The van der Waals surface area contributed by atoms with Gasteiger partial charge in [-0.25, -0.2) is 4.98 Å². The Balaban J connectivity index is 1.53. The van der Waals surface area contributed by atoms with Gasteiger partial charge >= 0.3 is 6.18 Å². The van der Waals surface area contributed by atoms with Crippen LogP contribution >= 0.6 is 0 Å². The van der Waals surface area contributed by atoms with Crippen molar-refractivity contribution in [3.05, 3.63) is 46.9 Å². The summed E-state index contributed by atoms with van der Waals surface area (Å²) in [5.74, 6) is 0.582. The summed E-state index contributed by atoms with van der Waals surface area (Å²) in [6, 6.07) is 6.94. The fraction of sp³-hybridized carbons (Fsp3) is 0.474. The summed E-state index contributed by atoms with van der Waals surface area (Å²) in [5, 5.41) is 12.6. The molecule has 0 aliphatic carbocycles. The van der Waals surface area contributed by atoms with Crippen LogP contribution in [0.5, 0.6) is 0 Å². The van der Waals surface area contributed by atoms with E-state index in [-0.39, 0.29) is 0 Å². The SMILES string of the molecule is Cc1c(CNC2CCN(c3ccc(C(F)(F)F)cn3)CC2)cc(C#N)n1C. The second kappa shape index (κ2) is 7.61. The molecule has 2 aromatic rings. The van der Waals surface area contributed by atoms with Crippen molar-refractivity contribution in [1.82, 2.24) is 14.9 Å². The Labute approximate surface area is 156 Å². The molecule has 0 spiro atoms. The topological polar surface area (TPSA) is 56.9 Å². The highest BCUT2D eigenvalue weighted by Gasteiger charge is 2.31. The van der Waals surface area contributed by atoms with E-state index in [0.29, 0.717) is 24.1 Å². The largest absolute Gasteiger partial charge is 0.417 e. The molecule has 3 heterocycles. The van der Waals surface area contributed by atoms with Gasteiger partial charge in [0.15, 0.2) is 0 Å². The Morgan fingerprint density at radius 3 is 2.52 bits per heavy atom. The zero-order chi connectivity index (χ0) is 19.6. The van der Waals surface area contributed by atoms with Gasteiger partial charge < -0.3 is 14.8 Å². The van der Waals surface area contributed by atoms with Crippen molar-refractivity contribution in [2.45, 2.75) is 38.5 Å². The number of hydrogen-bond donors (Lipinski definition) is 1. The van der Waals surface area contributed by atoms with Gasteiger partial charge in [0.25, 0.3) is 0 Å². The number of hydrogen-bond acceptors (Lipinski definition) is 4. The van der Waals surface area contributed by atoms with Crippen LogP contribution in [0.4, 0.5) is 19.0 Å².